The van der Waals surface area contributed by atoms with E-state index in [1.54, 1.807) is 39.0 Å². The highest BCUT2D eigenvalue weighted by atomic mass is 16.5. The first-order valence-electron chi connectivity index (χ1n) is 18.1. The van der Waals surface area contributed by atoms with Crippen molar-refractivity contribution in [3.8, 4) is 5.75 Å². The minimum Gasteiger partial charge on any atom is -0.496 e. The largest absolute Gasteiger partial charge is 0.496 e. The van der Waals surface area contributed by atoms with Gasteiger partial charge in [-0.25, -0.2) is 10.2 Å². The number of carbonyl (C=O) groups is 5. The van der Waals surface area contributed by atoms with E-state index < -0.39 is 29.9 Å². The van der Waals surface area contributed by atoms with E-state index in [-0.39, 0.29) is 48.1 Å². The number of urea groups is 1. The smallest absolute Gasteiger partial charge is 0.335 e. The first-order valence-corrected chi connectivity index (χ1v) is 18.1. The molecule has 1 fully saturated rings. The monoisotopic (exact) mass is 731 g/mol. The molecule has 0 aliphatic heterocycles. The number of amides is 5. The summed E-state index contributed by atoms with van der Waals surface area (Å²) in [7, 11) is 1.47. The van der Waals surface area contributed by atoms with Crippen molar-refractivity contribution in [3.05, 3.63) is 75.2 Å². The molecule has 53 heavy (non-hydrogen) atoms. The zero-order valence-corrected chi connectivity index (χ0v) is 31.5. The van der Waals surface area contributed by atoms with Gasteiger partial charge in [0.1, 0.15) is 11.8 Å². The Balaban J connectivity index is 1.53. The standard InChI is InChI=1S/C38H53N9O6/c1-7-31(43-37(51)35(23(2)3)44-34(49)19-30-18-29(25(5)48)16-17-33(30)53-6)32(22-42-47-39)45-46-38(52)41-21-27-12-14-28(15-13-27)36(50)40-20-26-10-8-24(4)9-11-26/h8-11,16-18,23,27-28,31,35H,7,12-15,19-22H2,1-6H3,(H,40,50)(H,43,51)(H,44,49)(H2,41,46,52)/b45-32-/t27?,28?,31-,35-/m0/s1. The van der Waals surface area contributed by atoms with E-state index in [9.17, 15) is 24.0 Å². The summed E-state index contributed by atoms with van der Waals surface area (Å²) >= 11 is 0. The highest BCUT2D eigenvalue weighted by Crippen LogP contribution is 2.28. The Labute approximate surface area is 311 Å². The number of azide groups is 1. The first-order chi connectivity index (χ1) is 25.3. The van der Waals surface area contributed by atoms with Gasteiger partial charge in [-0.05, 0) is 87.1 Å². The summed E-state index contributed by atoms with van der Waals surface area (Å²) in [5, 5.41) is 19.3. The lowest BCUT2D eigenvalue weighted by Crippen LogP contribution is -2.54. The molecule has 1 saturated carbocycles. The van der Waals surface area contributed by atoms with Gasteiger partial charge in [0.2, 0.25) is 17.7 Å². The molecule has 0 aromatic heterocycles. The Morgan fingerprint density at radius 3 is 2.28 bits per heavy atom. The van der Waals surface area contributed by atoms with Crippen molar-refractivity contribution in [3.63, 3.8) is 0 Å². The van der Waals surface area contributed by atoms with Gasteiger partial charge in [0.15, 0.2) is 5.78 Å². The molecule has 0 radical (unpaired) electrons. The first kappa shape index (κ1) is 42.0. The molecule has 0 saturated heterocycles. The summed E-state index contributed by atoms with van der Waals surface area (Å²) in [6, 6.07) is 10.7. The van der Waals surface area contributed by atoms with Crippen molar-refractivity contribution in [2.45, 2.75) is 91.8 Å². The molecule has 2 atom stereocenters. The van der Waals surface area contributed by atoms with Crippen LogP contribution in [-0.4, -0.2) is 67.5 Å². The minimum atomic E-state index is -0.926. The van der Waals surface area contributed by atoms with E-state index >= 15 is 0 Å². The highest BCUT2D eigenvalue weighted by Gasteiger charge is 2.29. The zero-order valence-electron chi connectivity index (χ0n) is 31.5. The van der Waals surface area contributed by atoms with Crippen LogP contribution >= 0.6 is 0 Å². The molecule has 15 nitrogen and oxygen atoms in total. The van der Waals surface area contributed by atoms with E-state index in [2.05, 4.69) is 41.8 Å². The number of hydrogen-bond donors (Lipinski definition) is 5. The van der Waals surface area contributed by atoms with E-state index in [1.165, 1.54) is 19.6 Å². The molecule has 3 rings (SSSR count). The lowest BCUT2D eigenvalue weighted by atomic mass is 9.81. The van der Waals surface area contributed by atoms with Crippen LogP contribution in [0.25, 0.3) is 10.4 Å². The average molecular weight is 732 g/mol. The molecule has 286 valence electrons. The number of hydrogen-bond acceptors (Lipinski definition) is 8. The molecule has 0 spiro atoms. The third-order valence-corrected chi connectivity index (χ3v) is 9.38. The molecule has 2 aromatic carbocycles. The van der Waals surface area contributed by atoms with Crippen molar-refractivity contribution >= 4 is 35.2 Å². The predicted octanol–water partition coefficient (Wildman–Crippen LogP) is 4.87. The predicted molar refractivity (Wildman–Crippen MR) is 202 cm³/mol. The molecule has 5 amide bonds. The van der Waals surface area contributed by atoms with Crippen LogP contribution in [0.2, 0.25) is 0 Å². The Hall–Kier alpha value is -5.43. The highest BCUT2D eigenvalue weighted by molar-refractivity contribution is 5.97. The Morgan fingerprint density at radius 1 is 0.981 bits per heavy atom. The Kier molecular flexibility index (Phi) is 16.8. The number of nitrogens with one attached hydrogen (secondary N) is 5. The van der Waals surface area contributed by atoms with Crippen LogP contribution in [0, 0.1) is 24.7 Å². The van der Waals surface area contributed by atoms with Gasteiger partial charge in [-0.15, -0.1) is 0 Å². The van der Waals surface area contributed by atoms with Gasteiger partial charge < -0.3 is 26.0 Å². The molecule has 1 aliphatic carbocycles. The second-order valence-electron chi connectivity index (χ2n) is 13.8. The summed E-state index contributed by atoms with van der Waals surface area (Å²) in [6.45, 7) is 9.52. The van der Waals surface area contributed by atoms with E-state index in [4.69, 9.17) is 10.3 Å². The number of benzene rings is 2. The third-order valence-electron chi connectivity index (χ3n) is 9.38. The van der Waals surface area contributed by atoms with Crippen LogP contribution in [0.4, 0.5) is 4.79 Å². The number of ether oxygens (including phenoxy) is 1. The molecule has 0 unspecified atom stereocenters. The van der Waals surface area contributed by atoms with Gasteiger partial charge in [-0.3, -0.25) is 19.2 Å². The fraction of sp³-hybridized carbons (Fsp3) is 0.526. The van der Waals surface area contributed by atoms with E-state index in [0.29, 0.717) is 36.4 Å². The molecule has 1 aliphatic rings. The molecule has 2 aromatic rings. The quantitative estimate of drug-likeness (QED) is 0.0360. The molecule has 15 heteroatoms. The summed E-state index contributed by atoms with van der Waals surface area (Å²) < 4.78 is 5.36. The van der Waals surface area contributed by atoms with Crippen molar-refractivity contribution in [1.82, 2.24) is 26.7 Å². The van der Waals surface area contributed by atoms with Gasteiger partial charge in [-0.1, -0.05) is 55.7 Å². The third kappa shape index (κ3) is 13.6. The molecular weight excluding hydrogens is 678 g/mol. The lowest BCUT2D eigenvalue weighted by Gasteiger charge is -2.28. The number of aryl methyl sites for hydroxylation is 1. The minimum absolute atomic E-state index is 0.0494. The second-order valence-corrected chi connectivity index (χ2v) is 13.8. The number of ketones is 1. The van der Waals surface area contributed by atoms with Crippen LogP contribution in [0.3, 0.4) is 0 Å². The summed E-state index contributed by atoms with van der Waals surface area (Å²) in [5.41, 5.74) is 14.8. The van der Waals surface area contributed by atoms with Crippen molar-refractivity contribution in [2.24, 2.45) is 28.0 Å². The fourth-order valence-corrected chi connectivity index (χ4v) is 6.15. The van der Waals surface area contributed by atoms with E-state index in [0.717, 1.165) is 31.2 Å². The number of rotatable bonds is 18. The molecule has 5 N–H and O–H groups in total. The molecule has 0 heterocycles. The van der Waals surface area contributed by atoms with Gasteiger partial charge in [0.25, 0.3) is 0 Å². The van der Waals surface area contributed by atoms with Crippen LogP contribution < -0.4 is 31.4 Å². The summed E-state index contributed by atoms with van der Waals surface area (Å²) in [6.07, 6.45) is 3.29. The number of nitrogens with zero attached hydrogens (tertiary/aromatic N) is 4. The van der Waals surface area contributed by atoms with Gasteiger partial charge in [0.05, 0.1) is 31.8 Å². The van der Waals surface area contributed by atoms with Crippen LogP contribution in [0.5, 0.6) is 5.75 Å². The van der Waals surface area contributed by atoms with E-state index in [1.807, 2.05) is 31.2 Å². The average Bonchev–Trinajstić information content (AvgIpc) is 3.14. The van der Waals surface area contributed by atoms with Crippen LogP contribution in [0.1, 0.15) is 86.8 Å². The zero-order chi connectivity index (χ0) is 38.9. The van der Waals surface area contributed by atoms with Crippen LogP contribution in [0.15, 0.2) is 52.7 Å². The maximum absolute atomic E-state index is 13.5. The van der Waals surface area contributed by atoms with Crippen molar-refractivity contribution in [1.29, 1.82) is 0 Å². The fourth-order valence-electron chi connectivity index (χ4n) is 6.15. The van der Waals surface area contributed by atoms with Gasteiger partial charge >= 0.3 is 6.03 Å². The van der Waals surface area contributed by atoms with Crippen LogP contribution in [-0.2, 0) is 27.3 Å². The number of Topliss-reactive ketones (excluding diaryl/α,β-unsaturated/α-hetero) is 1. The Morgan fingerprint density at radius 2 is 1.68 bits per heavy atom. The summed E-state index contributed by atoms with van der Waals surface area (Å²) in [4.78, 5) is 66.8. The van der Waals surface area contributed by atoms with Crippen molar-refractivity contribution in [2.75, 3.05) is 20.2 Å². The Bertz CT molecular complexity index is 1660. The topological polar surface area (TPSA) is 216 Å². The number of methoxy groups -OCH3 is 1. The van der Waals surface area contributed by atoms with Gasteiger partial charge in [0, 0.05) is 35.0 Å². The van der Waals surface area contributed by atoms with Crippen molar-refractivity contribution < 1.29 is 28.7 Å². The second kappa shape index (κ2) is 21.2. The SMILES string of the molecule is CC[C@H](NC(=O)[C@@H](NC(=O)Cc1cc(C(C)=O)ccc1OC)C(C)C)/C(CN=[N+]=[N-])=N\NC(=O)NCC1CCC(C(=O)NCc2ccc(C)cc2)CC1. The normalized spacial score (nSPS) is 16.7. The maximum Gasteiger partial charge on any atom is 0.335 e. The molecular formula is C38H53N9O6. The number of hydrazone groups is 1. The number of carbonyl (C=O) groups excluding carboxylic acids is 5. The maximum atomic E-state index is 13.5. The van der Waals surface area contributed by atoms with Gasteiger partial charge in [-0.2, -0.15) is 5.10 Å². The summed E-state index contributed by atoms with van der Waals surface area (Å²) in [5.74, 6) is -0.739. The molecule has 0 bridgehead atoms. The lowest BCUT2D eigenvalue weighted by molar-refractivity contribution is -0.130.